The number of benzene rings is 1. The standard InChI is InChI=1S/C15H18ClN3O2/c1-10(2)19-15(20)14(16)13(9-18-19)17-8-11-4-6-12(21-3)7-5-11/h4-7,9-10,17H,8H2,1-3H3. The molecule has 5 nitrogen and oxygen atoms in total. The number of nitrogens with one attached hydrogen (secondary N) is 1. The molecule has 1 aromatic carbocycles. The molecular weight excluding hydrogens is 290 g/mol. The lowest BCUT2D eigenvalue weighted by Gasteiger charge is -2.12. The van der Waals surface area contributed by atoms with Crippen molar-refractivity contribution in [1.29, 1.82) is 0 Å². The van der Waals surface area contributed by atoms with E-state index in [9.17, 15) is 4.79 Å². The minimum atomic E-state index is -0.286. The van der Waals surface area contributed by atoms with Gasteiger partial charge in [0.1, 0.15) is 10.8 Å². The van der Waals surface area contributed by atoms with Crippen LogP contribution in [0.4, 0.5) is 5.69 Å². The number of aromatic nitrogens is 2. The van der Waals surface area contributed by atoms with Gasteiger partial charge < -0.3 is 10.1 Å². The highest BCUT2D eigenvalue weighted by Crippen LogP contribution is 2.18. The first-order valence-electron chi connectivity index (χ1n) is 6.67. The van der Waals surface area contributed by atoms with Gasteiger partial charge in [0.2, 0.25) is 0 Å². The third-order valence-electron chi connectivity index (χ3n) is 3.07. The second-order valence-electron chi connectivity index (χ2n) is 4.92. The highest BCUT2D eigenvalue weighted by Gasteiger charge is 2.10. The number of rotatable bonds is 5. The molecule has 0 aliphatic carbocycles. The number of methoxy groups -OCH3 is 1. The number of ether oxygens (including phenoxy) is 1. The molecule has 1 aromatic heterocycles. The van der Waals surface area contributed by atoms with Crippen LogP contribution in [-0.2, 0) is 6.54 Å². The van der Waals surface area contributed by atoms with Crippen LogP contribution in [0.2, 0.25) is 5.02 Å². The molecule has 0 aliphatic rings. The lowest BCUT2D eigenvalue weighted by Crippen LogP contribution is -2.25. The van der Waals surface area contributed by atoms with Crippen LogP contribution in [0.15, 0.2) is 35.3 Å². The molecule has 0 bridgehead atoms. The van der Waals surface area contributed by atoms with E-state index in [1.165, 1.54) is 4.68 Å². The molecule has 6 heteroatoms. The zero-order chi connectivity index (χ0) is 15.4. The first kappa shape index (κ1) is 15.4. The molecule has 0 fully saturated rings. The van der Waals surface area contributed by atoms with E-state index in [1.54, 1.807) is 13.3 Å². The quantitative estimate of drug-likeness (QED) is 0.922. The maximum absolute atomic E-state index is 12.0. The first-order chi connectivity index (χ1) is 10.0. The van der Waals surface area contributed by atoms with Crippen LogP contribution < -0.4 is 15.6 Å². The fourth-order valence-corrected chi connectivity index (χ4v) is 2.08. The Hall–Kier alpha value is -2.01. The van der Waals surface area contributed by atoms with Crippen molar-refractivity contribution in [3.05, 3.63) is 51.4 Å². The Kier molecular flexibility index (Phi) is 4.85. The van der Waals surface area contributed by atoms with E-state index < -0.39 is 0 Å². The van der Waals surface area contributed by atoms with Gasteiger partial charge in [-0.05, 0) is 31.5 Å². The first-order valence-corrected chi connectivity index (χ1v) is 7.05. The Morgan fingerprint density at radius 3 is 2.57 bits per heavy atom. The smallest absolute Gasteiger partial charge is 0.287 e. The molecule has 0 radical (unpaired) electrons. The third-order valence-corrected chi connectivity index (χ3v) is 3.44. The second-order valence-corrected chi connectivity index (χ2v) is 5.30. The predicted molar refractivity (Wildman–Crippen MR) is 84.2 cm³/mol. The maximum atomic E-state index is 12.0. The molecule has 0 saturated heterocycles. The molecule has 0 unspecified atom stereocenters. The summed E-state index contributed by atoms with van der Waals surface area (Å²) in [6, 6.07) is 7.64. The zero-order valence-electron chi connectivity index (χ0n) is 12.3. The van der Waals surface area contributed by atoms with Crippen molar-refractivity contribution in [2.24, 2.45) is 0 Å². The third kappa shape index (κ3) is 3.55. The van der Waals surface area contributed by atoms with Crippen molar-refractivity contribution in [3.63, 3.8) is 0 Å². The number of nitrogens with zero attached hydrogens (tertiary/aromatic N) is 2. The largest absolute Gasteiger partial charge is 0.497 e. The average molecular weight is 308 g/mol. The van der Waals surface area contributed by atoms with Gasteiger partial charge in [0.15, 0.2) is 0 Å². The fourth-order valence-electron chi connectivity index (χ4n) is 1.88. The Morgan fingerprint density at radius 1 is 1.33 bits per heavy atom. The van der Waals surface area contributed by atoms with Crippen LogP contribution in [0.3, 0.4) is 0 Å². The van der Waals surface area contributed by atoms with Crippen LogP contribution >= 0.6 is 11.6 Å². The normalized spacial score (nSPS) is 10.7. The molecule has 0 saturated carbocycles. The van der Waals surface area contributed by atoms with Crippen molar-refractivity contribution in [3.8, 4) is 5.75 Å². The molecule has 1 N–H and O–H groups in total. The highest BCUT2D eigenvalue weighted by atomic mass is 35.5. The molecule has 21 heavy (non-hydrogen) atoms. The Bertz CT molecular complexity index is 666. The van der Waals surface area contributed by atoms with E-state index in [1.807, 2.05) is 38.1 Å². The van der Waals surface area contributed by atoms with E-state index in [2.05, 4.69) is 10.4 Å². The van der Waals surface area contributed by atoms with E-state index >= 15 is 0 Å². The van der Waals surface area contributed by atoms with Gasteiger partial charge in [-0.25, -0.2) is 4.68 Å². The van der Waals surface area contributed by atoms with Crippen molar-refractivity contribution < 1.29 is 4.74 Å². The molecule has 0 atom stereocenters. The maximum Gasteiger partial charge on any atom is 0.287 e. The van der Waals surface area contributed by atoms with Crippen molar-refractivity contribution >= 4 is 17.3 Å². The van der Waals surface area contributed by atoms with Gasteiger partial charge in [0.05, 0.1) is 25.0 Å². The number of hydrogen-bond donors (Lipinski definition) is 1. The van der Waals surface area contributed by atoms with Crippen LogP contribution in [0.25, 0.3) is 0 Å². The molecule has 0 amide bonds. The Balaban J connectivity index is 2.13. The van der Waals surface area contributed by atoms with Crippen molar-refractivity contribution in [1.82, 2.24) is 9.78 Å². The molecule has 1 heterocycles. The summed E-state index contributed by atoms with van der Waals surface area (Å²) < 4.78 is 6.47. The molecule has 0 aliphatic heterocycles. The van der Waals surface area contributed by atoms with Gasteiger partial charge in [-0.15, -0.1) is 0 Å². The summed E-state index contributed by atoms with van der Waals surface area (Å²) in [5.41, 5.74) is 1.31. The van der Waals surface area contributed by atoms with Gasteiger partial charge in [-0.1, -0.05) is 23.7 Å². The summed E-state index contributed by atoms with van der Waals surface area (Å²) in [5, 5.41) is 7.40. The minimum absolute atomic E-state index is 0.0226. The predicted octanol–water partition coefficient (Wildman–Crippen LogP) is 3.10. The van der Waals surface area contributed by atoms with Crippen LogP contribution in [-0.4, -0.2) is 16.9 Å². The van der Waals surface area contributed by atoms with Gasteiger partial charge in [-0.2, -0.15) is 5.10 Å². The number of hydrogen-bond acceptors (Lipinski definition) is 4. The summed E-state index contributed by atoms with van der Waals surface area (Å²) >= 11 is 6.10. The van der Waals surface area contributed by atoms with Crippen molar-refractivity contribution in [2.75, 3.05) is 12.4 Å². The van der Waals surface area contributed by atoms with Gasteiger partial charge >= 0.3 is 0 Å². The topological polar surface area (TPSA) is 56.1 Å². The number of halogens is 1. The van der Waals surface area contributed by atoms with E-state index in [0.29, 0.717) is 12.2 Å². The van der Waals surface area contributed by atoms with Crippen LogP contribution in [0, 0.1) is 0 Å². The summed E-state index contributed by atoms with van der Waals surface area (Å²) in [5.74, 6) is 0.804. The number of anilines is 1. The van der Waals surface area contributed by atoms with Crippen LogP contribution in [0.5, 0.6) is 5.75 Å². The molecule has 2 aromatic rings. The molecule has 0 spiro atoms. The average Bonchev–Trinajstić information content (AvgIpc) is 2.49. The second kappa shape index (κ2) is 6.63. The Labute approximate surface area is 128 Å². The van der Waals surface area contributed by atoms with Gasteiger partial charge in [0.25, 0.3) is 5.56 Å². The SMILES string of the molecule is COc1ccc(CNc2cnn(C(C)C)c(=O)c2Cl)cc1. The lowest BCUT2D eigenvalue weighted by atomic mass is 10.2. The fraction of sp³-hybridized carbons (Fsp3) is 0.333. The van der Waals surface area contributed by atoms with Gasteiger partial charge in [-0.3, -0.25) is 4.79 Å². The van der Waals surface area contributed by atoms with E-state index in [-0.39, 0.29) is 16.6 Å². The van der Waals surface area contributed by atoms with E-state index in [0.717, 1.165) is 11.3 Å². The van der Waals surface area contributed by atoms with Crippen molar-refractivity contribution in [2.45, 2.75) is 26.4 Å². The zero-order valence-corrected chi connectivity index (χ0v) is 13.0. The van der Waals surface area contributed by atoms with Crippen LogP contribution in [0.1, 0.15) is 25.5 Å². The monoisotopic (exact) mass is 307 g/mol. The molecule has 112 valence electrons. The molecular formula is C15H18ClN3O2. The lowest BCUT2D eigenvalue weighted by molar-refractivity contribution is 0.414. The Morgan fingerprint density at radius 2 is 2.00 bits per heavy atom. The minimum Gasteiger partial charge on any atom is -0.497 e. The van der Waals surface area contributed by atoms with E-state index in [4.69, 9.17) is 16.3 Å². The van der Waals surface area contributed by atoms with Gasteiger partial charge in [0, 0.05) is 6.54 Å². The molecule has 2 rings (SSSR count). The summed E-state index contributed by atoms with van der Waals surface area (Å²) in [7, 11) is 1.63. The summed E-state index contributed by atoms with van der Waals surface area (Å²) in [6.45, 7) is 4.32. The summed E-state index contributed by atoms with van der Waals surface area (Å²) in [4.78, 5) is 12.0. The summed E-state index contributed by atoms with van der Waals surface area (Å²) in [6.07, 6.45) is 1.58. The highest BCUT2D eigenvalue weighted by molar-refractivity contribution is 6.32.